The van der Waals surface area contributed by atoms with Crippen LogP contribution in [0.15, 0.2) is 30.5 Å². The van der Waals surface area contributed by atoms with Crippen molar-refractivity contribution >= 4 is 17.9 Å². The summed E-state index contributed by atoms with van der Waals surface area (Å²) in [5, 5.41) is 0. The maximum Gasteiger partial charge on any atom is 0.181 e. The molecule has 7 heteroatoms. The minimum Gasteiger partial charge on any atom is -0.451 e. The van der Waals surface area contributed by atoms with Gasteiger partial charge in [-0.3, -0.25) is 4.34 Å². The van der Waals surface area contributed by atoms with Crippen molar-refractivity contribution in [1.29, 1.82) is 0 Å². The summed E-state index contributed by atoms with van der Waals surface area (Å²) < 4.78 is 24.9. The number of aromatic nitrogens is 2. The second kappa shape index (κ2) is 11.5. The highest BCUT2D eigenvalue weighted by atomic mass is 31.1. The van der Waals surface area contributed by atoms with Gasteiger partial charge in [0.25, 0.3) is 0 Å². The molecule has 1 aliphatic heterocycles. The van der Waals surface area contributed by atoms with E-state index in [1.54, 1.807) is 0 Å². The maximum atomic E-state index is 6.98. The van der Waals surface area contributed by atoms with E-state index >= 15 is 0 Å². The molecule has 5 nitrogen and oxygen atoms in total. The molecule has 0 spiro atoms. The van der Waals surface area contributed by atoms with Crippen LogP contribution in [-0.2, 0) is 16.2 Å². The third-order valence-corrected chi connectivity index (χ3v) is 12.2. The summed E-state index contributed by atoms with van der Waals surface area (Å²) >= 11 is 0. The predicted molar refractivity (Wildman–Crippen MR) is 193 cm³/mol. The van der Waals surface area contributed by atoms with Crippen LogP contribution in [0.5, 0.6) is 23.0 Å². The first kappa shape index (κ1) is 33.6. The summed E-state index contributed by atoms with van der Waals surface area (Å²) in [6, 6.07) is 9.01. The zero-order valence-electron chi connectivity index (χ0n) is 30.0. The first-order valence-electron chi connectivity index (χ1n) is 15.9. The van der Waals surface area contributed by atoms with Gasteiger partial charge in [-0.1, -0.05) is 67.5 Å². The summed E-state index contributed by atoms with van der Waals surface area (Å²) in [4.78, 5) is 0. The Morgan fingerprint density at radius 3 is 1.47 bits per heavy atom. The summed E-state index contributed by atoms with van der Waals surface area (Å²) in [5.41, 5.74) is 13.2. The van der Waals surface area contributed by atoms with Crippen molar-refractivity contribution < 1.29 is 13.8 Å². The Hall–Kier alpha value is -2.74. The fraction of sp³-hybridized carbons (Fsp3) is 0.474. The monoisotopic (exact) mass is 646 g/mol. The van der Waals surface area contributed by atoms with Gasteiger partial charge in [0.05, 0.1) is 0 Å². The molecule has 0 saturated carbocycles. The summed E-state index contributed by atoms with van der Waals surface area (Å²) in [6.45, 7) is 33.4. The van der Waals surface area contributed by atoms with Gasteiger partial charge in [-0.15, -0.1) is 0 Å². The van der Waals surface area contributed by atoms with Crippen molar-refractivity contribution in [2.75, 3.05) is 0 Å². The van der Waals surface area contributed by atoms with Crippen molar-refractivity contribution in [3.8, 4) is 23.0 Å². The molecule has 242 valence electrons. The summed E-state index contributed by atoms with van der Waals surface area (Å²) in [7, 11) is 0.209. The molecule has 0 amide bonds. The highest BCUT2D eigenvalue weighted by molar-refractivity contribution is 7.31. The summed E-state index contributed by atoms with van der Waals surface area (Å²) in [5.74, 6) is 3.11. The second-order valence-corrected chi connectivity index (χ2v) is 17.2. The van der Waals surface area contributed by atoms with Gasteiger partial charge >= 0.3 is 0 Å². The first-order valence-corrected chi connectivity index (χ1v) is 17.7. The van der Waals surface area contributed by atoms with E-state index in [0.29, 0.717) is 0 Å². The normalized spacial score (nSPS) is 14.7. The topological polar surface area (TPSA) is 37.6 Å². The van der Waals surface area contributed by atoms with Crippen molar-refractivity contribution in [2.45, 2.75) is 120 Å². The lowest BCUT2D eigenvalue weighted by Gasteiger charge is -2.38. The van der Waals surface area contributed by atoms with Crippen LogP contribution in [0.1, 0.15) is 117 Å². The first-order chi connectivity index (χ1) is 20.7. The molecule has 0 saturated heterocycles. The lowest BCUT2D eigenvalue weighted by atomic mass is 9.72. The number of hydrogen-bond donors (Lipinski definition) is 0. The van der Waals surface area contributed by atoms with Crippen LogP contribution in [0.25, 0.3) is 0 Å². The smallest absolute Gasteiger partial charge is 0.181 e. The van der Waals surface area contributed by atoms with Gasteiger partial charge in [-0.2, -0.15) is 0 Å². The van der Waals surface area contributed by atoms with Gasteiger partial charge in [0, 0.05) is 39.8 Å². The molecule has 1 aliphatic rings. The van der Waals surface area contributed by atoms with Crippen LogP contribution in [0, 0.1) is 48.5 Å². The van der Waals surface area contributed by atoms with Crippen LogP contribution >= 0.6 is 17.9 Å². The Kier molecular flexibility index (Phi) is 8.59. The number of ether oxygens (including phenoxy) is 1. The Bertz CT molecular complexity index is 1770. The number of rotatable bonds is 6. The number of fused-ring (bicyclic) bond motifs is 2. The van der Waals surface area contributed by atoms with E-state index < -0.39 is 0 Å². The van der Waals surface area contributed by atoms with E-state index in [4.69, 9.17) is 13.8 Å². The van der Waals surface area contributed by atoms with Crippen molar-refractivity contribution in [3.63, 3.8) is 0 Å². The number of hydrogen-bond acceptors (Lipinski definition) is 3. The minimum absolute atomic E-state index is 0.0610. The third-order valence-electron chi connectivity index (χ3n) is 10.0. The molecule has 45 heavy (non-hydrogen) atoms. The van der Waals surface area contributed by atoms with Crippen molar-refractivity contribution in [3.05, 3.63) is 92.1 Å². The predicted octanol–water partition coefficient (Wildman–Crippen LogP) is 11.3. The minimum atomic E-state index is -0.350. The Labute approximate surface area is 274 Å². The van der Waals surface area contributed by atoms with E-state index in [9.17, 15) is 0 Å². The van der Waals surface area contributed by atoms with Gasteiger partial charge in [-0.05, 0) is 105 Å². The molecule has 0 N–H and O–H groups in total. The molecule has 0 radical (unpaired) electrons. The Morgan fingerprint density at radius 2 is 1.07 bits per heavy atom. The van der Waals surface area contributed by atoms with Gasteiger partial charge in [0.2, 0.25) is 0 Å². The highest BCUT2D eigenvalue weighted by Gasteiger charge is 2.40. The van der Waals surface area contributed by atoms with Crippen LogP contribution in [0.3, 0.4) is 0 Å². The molecule has 2 aromatic carbocycles. The van der Waals surface area contributed by atoms with Gasteiger partial charge in [0.1, 0.15) is 0 Å². The highest BCUT2D eigenvalue weighted by Crippen LogP contribution is 2.57. The SMILES string of the molecule is Cc1cn(POc2cc(C(C)(C)C)cc3c2Oc2c(OPn4c(C)c(C)c(C)c4C)cc(C(C)(C)C)cc2C3(C)C)c(C)c1C. The van der Waals surface area contributed by atoms with Crippen LogP contribution < -0.4 is 13.8 Å². The molecule has 2 unspecified atom stereocenters. The van der Waals surface area contributed by atoms with E-state index in [0.717, 1.165) is 34.1 Å². The zero-order valence-corrected chi connectivity index (χ0v) is 32.0. The van der Waals surface area contributed by atoms with Crippen molar-refractivity contribution in [2.24, 2.45) is 0 Å². The van der Waals surface area contributed by atoms with Crippen LogP contribution in [0.2, 0.25) is 0 Å². The van der Waals surface area contributed by atoms with E-state index in [1.165, 1.54) is 50.5 Å². The van der Waals surface area contributed by atoms with Gasteiger partial charge in [0.15, 0.2) is 40.9 Å². The maximum absolute atomic E-state index is 6.98. The van der Waals surface area contributed by atoms with E-state index in [1.807, 2.05) is 0 Å². The molecule has 5 rings (SSSR count). The number of benzene rings is 2. The average molecular weight is 647 g/mol. The number of nitrogens with zero attached hydrogens (tertiary/aromatic N) is 2. The molecule has 3 heterocycles. The quantitative estimate of drug-likeness (QED) is 0.196. The largest absolute Gasteiger partial charge is 0.451 e. The van der Waals surface area contributed by atoms with Crippen LogP contribution in [0.4, 0.5) is 0 Å². The molecule has 4 aromatic rings. The number of aryl methyl sites for hydroxylation is 1. The van der Waals surface area contributed by atoms with Crippen molar-refractivity contribution in [1.82, 2.24) is 8.68 Å². The Morgan fingerprint density at radius 1 is 0.622 bits per heavy atom. The molecular formula is C38H52N2O3P2. The third kappa shape index (κ3) is 5.96. The van der Waals surface area contributed by atoms with Crippen LogP contribution in [-0.4, -0.2) is 8.68 Å². The molecular weight excluding hydrogens is 594 g/mol. The van der Waals surface area contributed by atoms with Gasteiger partial charge in [-0.25, -0.2) is 0 Å². The summed E-state index contributed by atoms with van der Waals surface area (Å²) in [6.07, 6.45) is 2.18. The van der Waals surface area contributed by atoms with E-state index in [2.05, 4.69) is 143 Å². The molecule has 0 aliphatic carbocycles. The Balaban J connectivity index is 1.65. The van der Waals surface area contributed by atoms with E-state index in [-0.39, 0.29) is 34.2 Å². The fourth-order valence-electron chi connectivity index (χ4n) is 6.02. The molecule has 2 aromatic heterocycles. The lowest BCUT2D eigenvalue weighted by Crippen LogP contribution is -2.27. The molecule has 0 bridgehead atoms. The average Bonchev–Trinajstić information content (AvgIpc) is 3.30. The molecule has 0 fully saturated rings. The zero-order chi connectivity index (χ0) is 33.4. The van der Waals surface area contributed by atoms with Gasteiger partial charge < -0.3 is 18.1 Å². The standard InChI is InChI=1S/C38H52N2O3P2/c1-21-20-39(25(5)22(21)2)44-42-32-18-28(36(8,9)10)16-30-34(32)41-35-31(38(30,14)15)17-29(37(11,12)13)19-33(35)43-45-40-26(6)23(3)24(4)27(40)7/h16-20,44-45H,1-15H3. The molecule has 2 atom stereocenters. The second-order valence-electron chi connectivity index (χ2n) is 15.5. The lowest BCUT2D eigenvalue weighted by molar-refractivity contribution is 0.384. The fourth-order valence-corrected chi connectivity index (χ4v) is 7.87.